The van der Waals surface area contributed by atoms with E-state index in [1.54, 1.807) is 9.80 Å². The van der Waals surface area contributed by atoms with Crippen LogP contribution >= 0.6 is 0 Å². The van der Waals surface area contributed by atoms with Gasteiger partial charge in [-0.05, 0) is 27.2 Å². The second kappa shape index (κ2) is 4.25. The van der Waals surface area contributed by atoms with Gasteiger partial charge in [0.25, 0.3) is 0 Å². The van der Waals surface area contributed by atoms with Gasteiger partial charge in [0.05, 0.1) is 13.3 Å². The molecule has 20 heavy (non-hydrogen) atoms. The first-order chi connectivity index (χ1) is 9.34. The number of nitrogens with zero attached hydrogens (tertiary/aromatic N) is 4. The molecule has 3 aliphatic rings. The minimum Gasteiger partial charge on any atom is -0.314 e. The molecule has 2 atom stereocenters. The van der Waals surface area contributed by atoms with Crippen LogP contribution in [-0.4, -0.2) is 69.4 Å². The first-order valence-electron chi connectivity index (χ1n) is 7.24. The lowest BCUT2D eigenvalue weighted by atomic mass is 10.1. The monoisotopic (exact) mass is 281 g/mol. The number of hydrogen-bond acceptors (Lipinski definition) is 3. The zero-order chi connectivity index (χ0) is 14.7. The maximum atomic E-state index is 12.7. The van der Waals surface area contributed by atoms with Gasteiger partial charge in [-0.2, -0.15) is 0 Å². The molecule has 0 spiro atoms. The van der Waals surface area contributed by atoms with Crippen LogP contribution < -0.4 is 5.32 Å². The predicted molar refractivity (Wildman–Crippen MR) is 73.5 cm³/mol. The second-order valence-corrected chi connectivity index (χ2v) is 6.75. The lowest BCUT2D eigenvalue weighted by Crippen LogP contribution is -2.60. The molecule has 7 heteroatoms. The van der Waals surface area contributed by atoms with Gasteiger partial charge < -0.3 is 5.32 Å². The fourth-order valence-corrected chi connectivity index (χ4v) is 3.41. The van der Waals surface area contributed by atoms with E-state index in [1.165, 1.54) is 0 Å². The van der Waals surface area contributed by atoms with Crippen LogP contribution in [0.5, 0.6) is 0 Å². The van der Waals surface area contributed by atoms with Crippen LogP contribution in [0, 0.1) is 0 Å². The largest absolute Gasteiger partial charge is 0.325 e. The van der Waals surface area contributed by atoms with Crippen LogP contribution in [0.1, 0.15) is 34.1 Å². The number of nitrogens with one attached hydrogen (secondary N) is 1. The van der Waals surface area contributed by atoms with E-state index in [1.807, 2.05) is 25.7 Å². The molecule has 0 bridgehead atoms. The van der Waals surface area contributed by atoms with Crippen molar-refractivity contribution in [2.75, 3.05) is 19.9 Å². The molecule has 1 N–H and O–H groups in total. The van der Waals surface area contributed by atoms with Gasteiger partial charge in [-0.25, -0.2) is 9.59 Å². The van der Waals surface area contributed by atoms with E-state index in [9.17, 15) is 9.59 Å². The highest BCUT2D eigenvalue weighted by Gasteiger charge is 2.59. The van der Waals surface area contributed by atoms with Crippen molar-refractivity contribution in [1.82, 2.24) is 24.9 Å². The Morgan fingerprint density at radius 3 is 2.45 bits per heavy atom. The van der Waals surface area contributed by atoms with Gasteiger partial charge in [0.1, 0.15) is 6.17 Å². The number of rotatable bonds is 2. The Morgan fingerprint density at radius 2 is 1.85 bits per heavy atom. The van der Waals surface area contributed by atoms with Gasteiger partial charge in [0, 0.05) is 12.1 Å². The summed E-state index contributed by atoms with van der Waals surface area (Å²) in [6, 6.07) is -0.0640. The summed E-state index contributed by atoms with van der Waals surface area (Å²) in [5.41, 5.74) is -0.308. The van der Waals surface area contributed by atoms with Crippen molar-refractivity contribution in [2.45, 2.75) is 52.0 Å². The Bertz CT molecular complexity index is 447. The number of carbonyl (C=O) groups excluding carboxylic acids is 2. The van der Waals surface area contributed by atoms with Crippen LogP contribution in [0.3, 0.4) is 0 Å². The Balaban J connectivity index is 1.93. The molecule has 2 unspecified atom stereocenters. The molecule has 3 heterocycles. The SMILES string of the molecule is CCCN1CN2C(=O)NC3C2N(C1)C(=O)N3C(C)(C)C. The Hall–Kier alpha value is -1.50. The maximum absolute atomic E-state index is 12.7. The van der Waals surface area contributed by atoms with Crippen molar-refractivity contribution in [3.05, 3.63) is 0 Å². The third kappa shape index (κ3) is 1.76. The van der Waals surface area contributed by atoms with Crippen molar-refractivity contribution in [2.24, 2.45) is 0 Å². The molecule has 3 fully saturated rings. The first-order valence-corrected chi connectivity index (χ1v) is 7.24. The van der Waals surface area contributed by atoms with Crippen LogP contribution in [0.2, 0.25) is 0 Å². The molecule has 4 amide bonds. The van der Waals surface area contributed by atoms with Crippen molar-refractivity contribution in [3.63, 3.8) is 0 Å². The van der Waals surface area contributed by atoms with Gasteiger partial charge in [0.15, 0.2) is 6.17 Å². The highest BCUT2D eigenvalue weighted by molar-refractivity contribution is 5.85. The third-order valence-corrected chi connectivity index (χ3v) is 4.15. The van der Waals surface area contributed by atoms with E-state index in [2.05, 4.69) is 17.1 Å². The topological polar surface area (TPSA) is 59.1 Å². The minimum atomic E-state index is -0.308. The van der Waals surface area contributed by atoms with E-state index in [0.717, 1.165) is 13.0 Å². The molecule has 0 aliphatic carbocycles. The molecule has 3 saturated heterocycles. The van der Waals surface area contributed by atoms with E-state index in [-0.39, 0.29) is 29.9 Å². The van der Waals surface area contributed by atoms with Crippen LogP contribution in [0.4, 0.5) is 9.59 Å². The zero-order valence-electron chi connectivity index (χ0n) is 12.6. The summed E-state index contributed by atoms with van der Waals surface area (Å²) in [6.45, 7) is 10.2. The Labute approximate surface area is 119 Å². The molecule has 3 aliphatic heterocycles. The summed E-state index contributed by atoms with van der Waals surface area (Å²) in [5, 5.41) is 2.96. The molecule has 0 aromatic carbocycles. The van der Waals surface area contributed by atoms with E-state index in [0.29, 0.717) is 13.3 Å². The molecule has 0 radical (unpaired) electrons. The Kier molecular flexibility index (Phi) is 2.86. The smallest absolute Gasteiger partial charge is 0.314 e. The van der Waals surface area contributed by atoms with Crippen molar-refractivity contribution in [1.29, 1.82) is 0 Å². The molecule has 112 valence electrons. The van der Waals surface area contributed by atoms with Gasteiger partial charge in [-0.1, -0.05) is 6.92 Å². The summed E-state index contributed by atoms with van der Waals surface area (Å²) in [4.78, 5) is 32.4. The standard InChI is InChI=1S/C13H23N5O2/c1-5-6-15-7-16-10-9(14-11(16)19)18(13(2,3)4)12(20)17(10)8-15/h9-10H,5-8H2,1-4H3,(H,14,19). The number of carbonyl (C=O) groups is 2. The lowest BCUT2D eigenvalue weighted by molar-refractivity contribution is -0.0104. The highest BCUT2D eigenvalue weighted by atomic mass is 16.2. The molecule has 3 rings (SSSR count). The quantitative estimate of drug-likeness (QED) is 0.816. The second-order valence-electron chi connectivity index (χ2n) is 6.75. The fraction of sp³-hybridized carbons (Fsp3) is 0.846. The lowest BCUT2D eigenvalue weighted by Gasteiger charge is -2.41. The Morgan fingerprint density at radius 1 is 1.20 bits per heavy atom. The molecule has 0 saturated carbocycles. The minimum absolute atomic E-state index is 0.0123. The number of amides is 4. The number of hydrogen-bond donors (Lipinski definition) is 1. The third-order valence-electron chi connectivity index (χ3n) is 4.15. The van der Waals surface area contributed by atoms with Crippen LogP contribution in [0.25, 0.3) is 0 Å². The van der Waals surface area contributed by atoms with Crippen LogP contribution in [-0.2, 0) is 0 Å². The van der Waals surface area contributed by atoms with Crippen LogP contribution in [0.15, 0.2) is 0 Å². The van der Waals surface area contributed by atoms with Crippen molar-refractivity contribution >= 4 is 12.1 Å². The van der Waals surface area contributed by atoms with Crippen molar-refractivity contribution in [3.8, 4) is 0 Å². The highest BCUT2D eigenvalue weighted by Crippen LogP contribution is 2.36. The molecular formula is C13H23N5O2. The van der Waals surface area contributed by atoms with E-state index < -0.39 is 0 Å². The fourth-order valence-electron chi connectivity index (χ4n) is 3.41. The first kappa shape index (κ1) is 13.5. The van der Waals surface area contributed by atoms with Crippen molar-refractivity contribution < 1.29 is 9.59 Å². The molecule has 7 nitrogen and oxygen atoms in total. The summed E-state index contributed by atoms with van der Waals surface area (Å²) in [5.74, 6) is 0. The zero-order valence-corrected chi connectivity index (χ0v) is 12.6. The van der Waals surface area contributed by atoms with Gasteiger partial charge in [0.2, 0.25) is 0 Å². The van der Waals surface area contributed by atoms with Gasteiger partial charge in [-0.3, -0.25) is 19.6 Å². The van der Waals surface area contributed by atoms with E-state index in [4.69, 9.17) is 0 Å². The average Bonchev–Trinajstić information content (AvgIpc) is 2.79. The molecular weight excluding hydrogens is 258 g/mol. The van der Waals surface area contributed by atoms with Gasteiger partial charge in [-0.15, -0.1) is 0 Å². The normalized spacial score (nSPS) is 30.1. The summed E-state index contributed by atoms with van der Waals surface area (Å²) in [7, 11) is 0. The van der Waals surface area contributed by atoms with E-state index >= 15 is 0 Å². The summed E-state index contributed by atoms with van der Waals surface area (Å²) in [6.07, 6.45) is 0.607. The average molecular weight is 281 g/mol. The summed E-state index contributed by atoms with van der Waals surface area (Å²) >= 11 is 0. The molecule has 0 aromatic rings. The van der Waals surface area contributed by atoms with Gasteiger partial charge >= 0.3 is 12.1 Å². The number of urea groups is 2. The maximum Gasteiger partial charge on any atom is 0.325 e. The predicted octanol–water partition coefficient (Wildman–Crippen LogP) is 0.841. The summed E-state index contributed by atoms with van der Waals surface area (Å²) < 4.78 is 0. The molecule has 0 aromatic heterocycles.